The zero-order valence-electron chi connectivity index (χ0n) is 11.0. The highest BCUT2D eigenvalue weighted by Crippen LogP contribution is 2.22. The number of hydrogen-bond acceptors (Lipinski definition) is 4. The average molecular weight is 288 g/mol. The minimum atomic E-state index is 0.473. The van der Waals surface area contributed by atoms with Gasteiger partial charge >= 0.3 is 0 Å². The lowest BCUT2D eigenvalue weighted by atomic mass is 10.2. The summed E-state index contributed by atoms with van der Waals surface area (Å²) in [5.41, 5.74) is 0.967. The van der Waals surface area contributed by atoms with Gasteiger partial charge in [0.25, 0.3) is 0 Å². The molecule has 0 saturated heterocycles. The van der Waals surface area contributed by atoms with Crippen molar-refractivity contribution < 1.29 is 0 Å². The van der Waals surface area contributed by atoms with Gasteiger partial charge in [0, 0.05) is 11.9 Å². The zero-order valence-corrected chi connectivity index (χ0v) is 11.8. The van der Waals surface area contributed by atoms with Crippen LogP contribution in [0.4, 0.5) is 5.95 Å². The van der Waals surface area contributed by atoms with E-state index in [1.807, 2.05) is 24.3 Å². The topological polar surface area (TPSA) is 55.6 Å². The molecule has 3 rings (SSSR count). The Morgan fingerprint density at radius 2 is 2.10 bits per heavy atom. The molecule has 6 heteroatoms. The highest BCUT2D eigenvalue weighted by atomic mass is 35.5. The Balaban J connectivity index is 2.08. The average Bonchev–Trinajstić information content (AvgIpc) is 2.90. The highest BCUT2D eigenvalue weighted by molar-refractivity contribution is 6.32. The van der Waals surface area contributed by atoms with Gasteiger partial charge in [-0.25, -0.2) is 9.67 Å². The molecular weight excluding hydrogens is 274 g/mol. The van der Waals surface area contributed by atoms with E-state index in [1.165, 1.54) is 0 Å². The van der Waals surface area contributed by atoms with Gasteiger partial charge in [-0.2, -0.15) is 10.1 Å². The maximum absolute atomic E-state index is 6.21. The first-order valence-electron chi connectivity index (χ1n) is 6.49. The van der Waals surface area contributed by atoms with Gasteiger partial charge < -0.3 is 5.32 Å². The molecule has 0 aliphatic carbocycles. The van der Waals surface area contributed by atoms with Gasteiger partial charge in [0.15, 0.2) is 5.82 Å². The predicted octanol–water partition coefficient (Wildman–Crippen LogP) is 3.29. The summed E-state index contributed by atoms with van der Waals surface area (Å²) in [5.74, 6) is 1.15. The molecule has 0 saturated carbocycles. The van der Waals surface area contributed by atoms with E-state index in [0.717, 1.165) is 23.9 Å². The summed E-state index contributed by atoms with van der Waals surface area (Å²) in [5, 5.41) is 9.03. The van der Waals surface area contributed by atoms with Gasteiger partial charge in [-0.15, -0.1) is 0 Å². The lowest BCUT2D eigenvalue weighted by molar-refractivity contribution is 0.860. The van der Waals surface area contributed by atoms with Crippen molar-refractivity contribution >= 4 is 28.5 Å². The fourth-order valence-corrected chi connectivity index (χ4v) is 2.14. The normalized spacial score (nSPS) is 10.9. The summed E-state index contributed by atoms with van der Waals surface area (Å²) >= 11 is 6.21. The van der Waals surface area contributed by atoms with E-state index in [9.17, 15) is 0 Å². The first-order chi connectivity index (χ1) is 9.79. The first kappa shape index (κ1) is 12.9. The van der Waals surface area contributed by atoms with E-state index >= 15 is 0 Å². The molecule has 102 valence electrons. The summed E-state index contributed by atoms with van der Waals surface area (Å²) in [6.45, 7) is 2.91. The Morgan fingerprint density at radius 1 is 1.25 bits per heavy atom. The second kappa shape index (κ2) is 5.46. The quantitative estimate of drug-likeness (QED) is 0.800. The molecule has 2 heterocycles. The summed E-state index contributed by atoms with van der Waals surface area (Å²) in [6, 6.07) is 7.93. The molecule has 5 nitrogen and oxygen atoms in total. The molecule has 20 heavy (non-hydrogen) atoms. The monoisotopic (exact) mass is 287 g/mol. The van der Waals surface area contributed by atoms with Gasteiger partial charge in [-0.1, -0.05) is 36.7 Å². The van der Waals surface area contributed by atoms with Crippen LogP contribution in [0.15, 0.2) is 36.7 Å². The number of anilines is 1. The highest BCUT2D eigenvalue weighted by Gasteiger charge is 2.11. The fraction of sp³-hybridized carbons (Fsp3) is 0.214. The van der Waals surface area contributed by atoms with E-state index < -0.39 is 0 Å². The Labute approximate surface area is 121 Å². The molecule has 0 spiro atoms. The number of fused-ring (bicyclic) bond motifs is 1. The maximum Gasteiger partial charge on any atom is 0.224 e. The molecule has 0 atom stereocenters. The van der Waals surface area contributed by atoms with E-state index in [-0.39, 0.29) is 0 Å². The van der Waals surface area contributed by atoms with Crippen LogP contribution in [0, 0.1) is 0 Å². The number of aromatic nitrogens is 4. The van der Waals surface area contributed by atoms with Gasteiger partial charge in [0.1, 0.15) is 5.02 Å². The van der Waals surface area contributed by atoms with E-state index in [2.05, 4.69) is 27.3 Å². The number of para-hydroxylation sites is 1. The summed E-state index contributed by atoms with van der Waals surface area (Å²) in [7, 11) is 0. The van der Waals surface area contributed by atoms with Crippen LogP contribution in [-0.2, 0) is 0 Å². The standard InChI is InChI=1S/C14H14ClN5/c1-2-7-16-14-17-9-11(15)13(19-14)20-12-6-4-3-5-10(12)8-18-20/h3-6,8-9H,2,7H2,1H3,(H,16,17,19). The molecule has 0 aliphatic rings. The van der Waals surface area contributed by atoms with Crippen LogP contribution in [0.25, 0.3) is 16.7 Å². The van der Waals surface area contributed by atoms with Crippen LogP contribution < -0.4 is 5.32 Å². The number of nitrogens with zero attached hydrogens (tertiary/aromatic N) is 4. The fourth-order valence-electron chi connectivity index (χ4n) is 1.97. The number of rotatable bonds is 4. The van der Waals surface area contributed by atoms with Crippen molar-refractivity contribution in [3.63, 3.8) is 0 Å². The molecule has 0 radical (unpaired) electrons. The second-order valence-corrected chi connectivity index (χ2v) is 4.81. The third-order valence-electron chi connectivity index (χ3n) is 2.94. The molecular formula is C14H14ClN5. The molecule has 0 bridgehead atoms. The van der Waals surface area contributed by atoms with Crippen LogP contribution in [-0.4, -0.2) is 26.3 Å². The van der Waals surface area contributed by atoms with Gasteiger partial charge in [-0.05, 0) is 12.5 Å². The minimum Gasteiger partial charge on any atom is -0.354 e. The van der Waals surface area contributed by atoms with Crippen LogP contribution in [0.5, 0.6) is 0 Å². The van der Waals surface area contributed by atoms with Crippen LogP contribution in [0.2, 0.25) is 5.02 Å². The number of nitrogens with one attached hydrogen (secondary N) is 1. The summed E-state index contributed by atoms with van der Waals surface area (Å²) in [4.78, 5) is 8.62. The molecule has 1 aromatic carbocycles. The lowest BCUT2D eigenvalue weighted by Crippen LogP contribution is -2.08. The lowest BCUT2D eigenvalue weighted by Gasteiger charge is -2.08. The van der Waals surface area contributed by atoms with E-state index in [4.69, 9.17) is 11.6 Å². The molecule has 0 amide bonds. The summed E-state index contributed by atoms with van der Waals surface area (Å²) < 4.78 is 1.73. The van der Waals surface area contributed by atoms with Crippen molar-refractivity contribution in [2.45, 2.75) is 13.3 Å². The van der Waals surface area contributed by atoms with E-state index in [0.29, 0.717) is 16.8 Å². The Morgan fingerprint density at radius 3 is 2.95 bits per heavy atom. The number of hydrogen-bond donors (Lipinski definition) is 1. The summed E-state index contributed by atoms with van der Waals surface area (Å²) in [6.07, 6.45) is 4.40. The predicted molar refractivity (Wildman–Crippen MR) is 80.5 cm³/mol. The molecule has 0 unspecified atom stereocenters. The van der Waals surface area contributed by atoms with Gasteiger partial charge in [-0.3, -0.25) is 0 Å². The van der Waals surface area contributed by atoms with Crippen LogP contribution in [0.1, 0.15) is 13.3 Å². The number of benzene rings is 1. The van der Waals surface area contributed by atoms with Crippen LogP contribution in [0.3, 0.4) is 0 Å². The largest absolute Gasteiger partial charge is 0.354 e. The van der Waals surface area contributed by atoms with Crippen molar-refractivity contribution in [2.75, 3.05) is 11.9 Å². The zero-order chi connectivity index (χ0) is 13.9. The Bertz CT molecular complexity index is 737. The smallest absolute Gasteiger partial charge is 0.224 e. The Kier molecular flexibility index (Phi) is 3.52. The van der Waals surface area contributed by atoms with Gasteiger partial charge in [0.05, 0.1) is 17.9 Å². The van der Waals surface area contributed by atoms with Crippen molar-refractivity contribution in [3.05, 3.63) is 41.7 Å². The third kappa shape index (κ3) is 2.32. The maximum atomic E-state index is 6.21. The molecule has 0 aliphatic heterocycles. The number of halogens is 1. The third-order valence-corrected chi connectivity index (χ3v) is 3.20. The van der Waals surface area contributed by atoms with Crippen molar-refractivity contribution in [1.82, 2.24) is 19.7 Å². The van der Waals surface area contributed by atoms with Crippen molar-refractivity contribution in [2.24, 2.45) is 0 Å². The van der Waals surface area contributed by atoms with Crippen molar-refractivity contribution in [3.8, 4) is 5.82 Å². The minimum absolute atomic E-state index is 0.473. The van der Waals surface area contributed by atoms with Crippen molar-refractivity contribution in [1.29, 1.82) is 0 Å². The first-order valence-corrected chi connectivity index (χ1v) is 6.87. The SMILES string of the molecule is CCCNc1ncc(Cl)c(-n2ncc3ccccc32)n1. The molecule has 1 N–H and O–H groups in total. The molecule has 2 aromatic heterocycles. The Hall–Kier alpha value is -2.14. The van der Waals surface area contributed by atoms with Crippen LogP contribution >= 0.6 is 11.6 Å². The van der Waals surface area contributed by atoms with Gasteiger partial charge in [0.2, 0.25) is 5.95 Å². The molecule has 3 aromatic rings. The second-order valence-electron chi connectivity index (χ2n) is 4.41. The molecule has 0 fully saturated rings. The van der Waals surface area contributed by atoms with E-state index in [1.54, 1.807) is 17.1 Å².